The lowest BCUT2D eigenvalue weighted by Crippen LogP contribution is -2.57. The molecule has 9 nitrogen and oxygen atoms in total. The number of anilines is 2. The molecule has 0 radical (unpaired) electrons. The highest BCUT2D eigenvalue weighted by atomic mass is 35.5. The van der Waals surface area contributed by atoms with Gasteiger partial charge in [-0.15, -0.1) is 13.2 Å². The number of benzene rings is 2. The number of rotatable bonds is 15. The molecule has 10 heteroatoms. The zero-order valence-electron chi connectivity index (χ0n) is 27.6. The molecule has 0 saturated carbocycles. The van der Waals surface area contributed by atoms with Crippen molar-refractivity contribution in [3.05, 3.63) is 78.4 Å². The topological polar surface area (TPSA) is 99.6 Å². The van der Waals surface area contributed by atoms with Gasteiger partial charge < -0.3 is 29.3 Å². The number of hydrogen-bond acceptors (Lipinski definition) is 6. The first-order chi connectivity index (χ1) is 22.6. The average Bonchev–Trinajstić information content (AvgIpc) is 3.67. The van der Waals surface area contributed by atoms with Crippen LogP contribution in [0.2, 0.25) is 5.02 Å². The van der Waals surface area contributed by atoms with Gasteiger partial charge in [-0.2, -0.15) is 0 Å². The number of hydrogen-bond donors (Lipinski definition) is 1. The van der Waals surface area contributed by atoms with Gasteiger partial charge in [-0.05, 0) is 81.8 Å². The van der Waals surface area contributed by atoms with E-state index < -0.39 is 29.1 Å². The van der Waals surface area contributed by atoms with Gasteiger partial charge in [-0.3, -0.25) is 14.4 Å². The minimum Gasteiger partial charge on any atom is -0.494 e. The van der Waals surface area contributed by atoms with Crippen molar-refractivity contribution in [1.29, 1.82) is 0 Å². The Kier molecular flexibility index (Phi) is 10.5. The summed E-state index contributed by atoms with van der Waals surface area (Å²) in [5.41, 5.74) is -0.105. The second-order valence-electron chi connectivity index (χ2n) is 12.6. The second-order valence-corrected chi connectivity index (χ2v) is 13.0. The fourth-order valence-electron chi connectivity index (χ4n) is 8.05. The lowest BCUT2D eigenvalue weighted by atomic mass is 9.64. The smallest absolute Gasteiger partial charge is 0.253 e. The zero-order chi connectivity index (χ0) is 33.9. The van der Waals surface area contributed by atoms with Gasteiger partial charge in [0.1, 0.15) is 17.4 Å². The van der Waals surface area contributed by atoms with Gasteiger partial charge in [0.15, 0.2) is 0 Å². The van der Waals surface area contributed by atoms with Crippen molar-refractivity contribution < 1.29 is 29.0 Å². The number of likely N-dealkylation sites (tertiary alicyclic amines) is 1. The summed E-state index contributed by atoms with van der Waals surface area (Å²) in [5, 5.41) is 9.98. The largest absolute Gasteiger partial charge is 0.494 e. The number of aryl methyl sites for hydroxylation is 1. The van der Waals surface area contributed by atoms with Gasteiger partial charge in [0.2, 0.25) is 11.8 Å². The molecule has 0 aliphatic carbocycles. The van der Waals surface area contributed by atoms with Gasteiger partial charge >= 0.3 is 0 Å². The molecule has 3 aliphatic heterocycles. The molecule has 3 aliphatic rings. The lowest BCUT2D eigenvalue weighted by Gasteiger charge is -2.37. The first-order valence-corrected chi connectivity index (χ1v) is 17.0. The maximum absolute atomic E-state index is 14.9. The zero-order valence-corrected chi connectivity index (χ0v) is 28.4. The van der Waals surface area contributed by atoms with Gasteiger partial charge in [-0.1, -0.05) is 42.8 Å². The Bertz CT molecular complexity index is 1490. The van der Waals surface area contributed by atoms with E-state index in [0.29, 0.717) is 60.9 Å². The number of unbranched alkanes of at least 4 members (excludes halogenated alkanes) is 1. The van der Waals surface area contributed by atoms with Crippen LogP contribution in [-0.2, 0) is 19.1 Å². The van der Waals surface area contributed by atoms with E-state index in [9.17, 15) is 19.5 Å². The molecule has 5 rings (SSSR count). The van der Waals surface area contributed by atoms with Crippen LogP contribution >= 0.6 is 11.6 Å². The Labute approximate surface area is 282 Å². The van der Waals surface area contributed by atoms with E-state index in [4.69, 9.17) is 21.1 Å². The van der Waals surface area contributed by atoms with Crippen LogP contribution in [0.25, 0.3) is 0 Å². The van der Waals surface area contributed by atoms with Crippen molar-refractivity contribution in [2.24, 2.45) is 11.8 Å². The summed E-state index contributed by atoms with van der Waals surface area (Å²) in [7, 11) is 0. The number of ether oxygens (including phenoxy) is 2. The molecule has 3 fully saturated rings. The number of para-hydroxylation sites is 1. The Morgan fingerprint density at radius 1 is 1.06 bits per heavy atom. The van der Waals surface area contributed by atoms with E-state index in [2.05, 4.69) is 13.2 Å². The molecule has 3 saturated heterocycles. The molecule has 5 atom stereocenters. The highest BCUT2D eigenvalue weighted by Crippen LogP contribution is 2.65. The van der Waals surface area contributed by atoms with E-state index in [1.165, 1.54) is 0 Å². The van der Waals surface area contributed by atoms with Gasteiger partial charge in [0, 0.05) is 31.9 Å². The first-order valence-electron chi connectivity index (χ1n) is 16.6. The number of amides is 3. The fourth-order valence-corrected chi connectivity index (χ4v) is 8.37. The minimum absolute atomic E-state index is 0.0359. The number of aliphatic hydroxyl groups is 1. The third kappa shape index (κ3) is 5.87. The highest BCUT2D eigenvalue weighted by molar-refractivity contribution is 6.34. The maximum atomic E-state index is 14.9. The molecule has 252 valence electrons. The van der Waals surface area contributed by atoms with Gasteiger partial charge in [-0.25, -0.2) is 0 Å². The molecule has 47 heavy (non-hydrogen) atoms. The van der Waals surface area contributed by atoms with Crippen molar-refractivity contribution in [2.45, 2.75) is 70.1 Å². The van der Waals surface area contributed by atoms with Gasteiger partial charge in [0.05, 0.1) is 34.8 Å². The fraction of sp³-hybridized carbons (Fsp3) is 0.486. The summed E-state index contributed by atoms with van der Waals surface area (Å²) >= 11 is 6.69. The summed E-state index contributed by atoms with van der Waals surface area (Å²) in [4.78, 5) is 49.3. The third-order valence-corrected chi connectivity index (χ3v) is 10.4. The molecule has 2 aromatic rings. The number of nitrogens with zero attached hydrogens (tertiary/aromatic N) is 3. The predicted octanol–water partition coefficient (Wildman–Crippen LogP) is 5.71. The van der Waals surface area contributed by atoms with E-state index in [-0.39, 0.29) is 44.0 Å². The van der Waals surface area contributed by atoms with Crippen LogP contribution in [0.4, 0.5) is 11.4 Å². The Morgan fingerprint density at radius 2 is 1.77 bits per heavy atom. The van der Waals surface area contributed by atoms with Crippen molar-refractivity contribution in [2.75, 3.05) is 42.6 Å². The number of carbonyl (C=O) groups is 3. The minimum atomic E-state index is -1.21. The summed E-state index contributed by atoms with van der Waals surface area (Å²) in [6, 6.07) is 11.8. The van der Waals surface area contributed by atoms with Crippen LogP contribution in [0.5, 0.6) is 5.75 Å². The van der Waals surface area contributed by atoms with Crippen LogP contribution < -0.4 is 14.5 Å². The molecular formula is C37H46ClN3O6. The summed E-state index contributed by atoms with van der Waals surface area (Å²) in [6.45, 7) is 14.7. The first kappa shape index (κ1) is 34.7. The average molecular weight is 664 g/mol. The number of aliphatic hydroxyl groups excluding tert-OH is 1. The highest BCUT2D eigenvalue weighted by Gasteiger charge is 2.79. The SMILES string of the molecule is C=CCN(C(=O)[C@H]1[C@H]2C(=O)N(CCCCO)C(C(=O)N(CC=C)c3c(C)cccc3Cl)C23CC[C@]1(CC)O3)c1ccc(OCC)cc1. The Morgan fingerprint density at radius 3 is 2.38 bits per heavy atom. The number of fused-ring (bicyclic) bond motifs is 1. The summed E-state index contributed by atoms with van der Waals surface area (Å²) in [6.07, 6.45) is 5.77. The monoisotopic (exact) mass is 663 g/mol. The van der Waals surface area contributed by atoms with Crippen LogP contribution in [-0.4, -0.2) is 77.8 Å². The standard InChI is InChI=1S/C37H46ClN3O6/c1-6-21-39(26-15-17-27(18-16-26)46-9-4)33(43)29-30-34(44)41(23-10-11-24-42)32(37(30)20-19-36(29,8-3)47-37)35(45)40(22-7-2)31-25(5)13-12-14-28(31)38/h6-7,12-18,29-30,32,42H,1-2,8-11,19-24H2,3-5H3/t29-,30+,32?,36+,37?/m1/s1. The van der Waals surface area contributed by atoms with E-state index in [1.807, 2.05) is 57.2 Å². The van der Waals surface area contributed by atoms with Gasteiger partial charge in [0.25, 0.3) is 5.91 Å². The molecule has 1 N–H and O–H groups in total. The van der Waals surface area contributed by atoms with Crippen molar-refractivity contribution >= 4 is 40.7 Å². The quantitative estimate of drug-likeness (QED) is 0.194. The van der Waals surface area contributed by atoms with Crippen LogP contribution in [0.3, 0.4) is 0 Å². The molecule has 2 aromatic carbocycles. The summed E-state index contributed by atoms with van der Waals surface area (Å²) in [5.74, 6) is -1.81. The Hall–Kier alpha value is -3.66. The second kappa shape index (κ2) is 14.2. The number of carbonyl (C=O) groups excluding carboxylic acids is 3. The molecule has 1 spiro atoms. The van der Waals surface area contributed by atoms with Crippen molar-refractivity contribution in [3.63, 3.8) is 0 Å². The van der Waals surface area contributed by atoms with E-state index in [0.717, 1.165) is 5.56 Å². The Balaban J connectivity index is 1.60. The summed E-state index contributed by atoms with van der Waals surface area (Å²) < 4.78 is 12.6. The predicted molar refractivity (Wildman–Crippen MR) is 184 cm³/mol. The van der Waals surface area contributed by atoms with Crippen LogP contribution in [0, 0.1) is 18.8 Å². The van der Waals surface area contributed by atoms with Crippen molar-refractivity contribution in [1.82, 2.24) is 4.90 Å². The molecule has 2 bridgehead atoms. The maximum Gasteiger partial charge on any atom is 0.253 e. The lowest BCUT2D eigenvalue weighted by molar-refractivity contribution is -0.146. The molecule has 3 heterocycles. The molecule has 0 aromatic heterocycles. The van der Waals surface area contributed by atoms with E-state index >= 15 is 0 Å². The van der Waals surface area contributed by atoms with Crippen LogP contribution in [0.15, 0.2) is 67.8 Å². The van der Waals surface area contributed by atoms with E-state index in [1.54, 1.807) is 32.9 Å². The third-order valence-electron chi connectivity index (χ3n) is 10.1. The normalized spacial score (nSPS) is 25.9. The van der Waals surface area contributed by atoms with Crippen LogP contribution in [0.1, 0.15) is 51.5 Å². The molecule has 3 amide bonds. The van der Waals surface area contributed by atoms with Crippen molar-refractivity contribution in [3.8, 4) is 5.75 Å². The number of halogens is 1. The molecular weight excluding hydrogens is 618 g/mol. The molecule has 2 unspecified atom stereocenters.